The maximum absolute atomic E-state index is 12.3. The number of amides is 2. The summed E-state index contributed by atoms with van der Waals surface area (Å²) in [6.07, 6.45) is 3.47. The van der Waals surface area contributed by atoms with Gasteiger partial charge in [0.2, 0.25) is 11.8 Å². The molecule has 1 aliphatic rings. The summed E-state index contributed by atoms with van der Waals surface area (Å²) >= 11 is 1.96. The van der Waals surface area contributed by atoms with E-state index >= 15 is 0 Å². The molecule has 1 aromatic carbocycles. The van der Waals surface area contributed by atoms with Crippen LogP contribution >= 0.6 is 11.8 Å². The van der Waals surface area contributed by atoms with Crippen LogP contribution in [0.15, 0.2) is 30.3 Å². The topological polar surface area (TPSA) is 49.4 Å². The zero-order valence-corrected chi connectivity index (χ0v) is 14.7. The minimum atomic E-state index is -0.0915. The second-order valence-corrected chi connectivity index (χ2v) is 7.42. The van der Waals surface area contributed by atoms with E-state index in [1.54, 1.807) is 6.08 Å². The van der Waals surface area contributed by atoms with Crippen LogP contribution in [0.1, 0.15) is 26.3 Å². The molecule has 1 aromatic rings. The van der Waals surface area contributed by atoms with Crippen molar-refractivity contribution in [3.05, 3.63) is 35.9 Å². The minimum absolute atomic E-state index is 0.0712. The largest absolute Gasteiger partial charge is 0.337 e. The standard InChI is InChI=1S/C18H24N2O2S/c1-13(2)17-12-20(10-11-23-17)18(22)9-6-15-4-7-16(8-5-15)19-14(3)21/h4-9,13,17H,10-12H2,1-3H3,(H,19,21)/b9-6+/t17-/m1/s1. The van der Waals surface area contributed by atoms with Crippen molar-refractivity contribution < 1.29 is 9.59 Å². The van der Waals surface area contributed by atoms with Crippen molar-refractivity contribution in [3.63, 3.8) is 0 Å². The molecule has 4 nitrogen and oxygen atoms in total. The van der Waals surface area contributed by atoms with Gasteiger partial charge in [-0.2, -0.15) is 11.8 Å². The van der Waals surface area contributed by atoms with Crippen molar-refractivity contribution >= 4 is 35.3 Å². The average Bonchev–Trinajstić information content (AvgIpc) is 2.53. The molecule has 124 valence electrons. The number of hydrogen-bond acceptors (Lipinski definition) is 3. The van der Waals surface area contributed by atoms with Gasteiger partial charge in [0.05, 0.1) is 0 Å². The predicted molar refractivity (Wildman–Crippen MR) is 97.4 cm³/mol. The van der Waals surface area contributed by atoms with Gasteiger partial charge < -0.3 is 10.2 Å². The molecule has 1 atom stereocenters. The van der Waals surface area contributed by atoms with Crippen LogP contribution in [0.5, 0.6) is 0 Å². The van der Waals surface area contributed by atoms with E-state index in [1.807, 2.05) is 47.0 Å². The summed E-state index contributed by atoms with van der Waals surface area (Å²) in [5.41, 5.74) is 1.70. The molecule has 0 spiro atoms. The number of nitrogens with zero attached hydrogens (tertiary/aromatic N) is 1. The first-order chi connectivity index (χ1) is 11.0. The van der Waals surface area contributed by atoms with Crippen molar-refractivity contribution in [2.24, 2.45) is 5.92 Å². The lowest BCUT2D eigenvalue weighted by Gasteiger charge is -2.33. The third kappa shape index (κ3) is 5.43. The molecule has 1 saturated heterocycles. The van der Waals surface area contributed by atoms with Gasteiger partial charge in [-0.1, -0.05) is 26.0 Å². The summed E-state index contributed by atoms with van der Waals surface area (Å²) < 4.78 is 0. The first-order valence-electron chi connectivity index (χ1n) is 7.92. The summed E-state index contributed by atoms with van der Waals surface area (Å²) in [7, 11) is 0. The van der Waals surface area contributed by atoms with Crippen molar-refractivity contribution in [2.45, 2.75) is 26.0 Å². The molecule has 0 aromatic heterocycles. The normalized spacial score (nSPS) is 18.4. The molecule has 5 heteroatoms. The van der Waals surface area contributed by atoms with Gasteiger partial charge in [-0.15, -0.1) is 0 Å². The Labute approximate surface area is 142 Å². The molecule has 1 heterocycles. The van der Waals surface area contributed by atoms with E-state index < -0.39 is 0 Å². The molecule has 23 heavy (non-hydrogen) atoms. The summed E-state index contributed by atoms with van der Waals surface area (Å²) in [5, 5.41) is 3.25. The van der Waals surface area contributed by atoms with Gasteiger partial charge in [0, 0.05) is 42.8 Å². The number of anilines is 1. The van der Waals surface area contributed by atoms with E-state index in [9.17, 15) is 9.59 Å². The van der Waals surface area contributed by atoms with Crippen LogP contribution in [0.3, 0.4) is 0 Å². The highest BCUT2D eigenvalue weighted by molar-refractivity contribution is 8.00. The molecular formula is C18H24N2O2S. The fourth-order valence-corrected chi connectivity index (χ4v) is 3.73. The number of nitrogens with one attached hydrogen (secondary N) is 1. The van der Waals surface area contributed by atoms with Gasteiger partial charge in [0.25, 0.3) is 0 Å². The fraction of sp³-hybridized carbons (Fsp3) is 0.444. The lowest BCUT2D eigenvalue weighted by atomic mass is 10.1. The van der Waals surface area contributed by atoms with Gasteiger partial charge in [0.1, 0.15) is 0 Å². The highest BCUT2D eigenvalue weighted by atomic mass is 32.2. The Hall–Kier alpha value is -1.75. The lowest BCUT2D eigenvalue weighted by molar-refractivity contribution is -0.126. The molecule has 0 radical (unpaired) electrons. The summed E-state index contributed by atoms with van der Waals surface area (Å²) in [5.74, 6) is 1.57. The summed E-state index contributed by atoms with van der Waals surface area (Å²) in [6.45, 7) is 7.54. The molecule has 0 bridgehead atoms. The Balaban J connectivity index is 1.93. The molecule has 2 amide bonds. The third-order valence-corrected chi connectivity index (χ3v) is 5.34. The Bertz CT molecular complexity index is 581. The third-order valence-electron chi connectivity index (χ3n) is 3.80. The number of hydrogen-bond donors (Lipinski definition) is 1. The number of rotatable bonds is 4. The maximum atomic E-state index is 12.3. The quantitative estimate of drug-likeness (QED) is 0.861. The van der Waals surface area contributed by atoms with Gasteiger partial charge in [-0.05, 0) is 29.7 Å². The summed E-state index contributed by atoms with van der Waals surface area (Å²) in [4.78, 5) is 25.2. The van der Waals surface area contributed by atoms with Crippen LogP contribution in [-0.4, -0.2) is 40.8 Å². The van der Waals surface area contributed by atoms with Crippen molar-refractivity contribution in [3.8, 4) is 0 Å². The Morgan fingerprint density at radius 2 is 2.00 bits per heavy atom. The first kappa shape index (κ1) is 17.6. The highest BCUT2D eigenvalue weighted by Gasteiger charge is 2.24. The van der Waals surface area contributed by atoms with E-state index in [0.29, 0.717) is 11.2 Å². The van der Waals surface area contributed by atoms with E-state index in [0.717, 1.165) is 30.1 Å². The van der Waals surface area contributed by atoms with Gasteiger partial charge in [0.15, 0.2) is 0 Å². The zero-order valence-electron chi connectivity index (χ0n) is 13.9. The van der Waals surface area contributed by atoms with Gasteiger partial charge >= 0.3 is 0 Å². The minimum Gasteiger partial charge on any atom is -0.337 e. The van der Waals surface area contributed by atoms with Crippen molar-refractivity contribution in [2.75, 3.05) is 24.2 Å². The Morgan fingerprint density at radius 1 is 1.30 bits per heavy atom. The second-order valence-electron chi connectivity index (χ2n) is 6.07. The molecular weight excluding hydrogens is 308 g/mol. The molecule has 0 aliphatic carbocycles. The second kappa shape index (κ2) is 8.20. The van der Waals surface area contributed by atoms with Crippen LogP contribution < -0.4 is 5.32 Å². The average molecular weight is 332 g/mol. The SMILES string of the molecule is CC(=O)Nc1ccc(/C=C/C(=O)N2CCS[C@@H](C(C)C)C2)cc1. The molecule has 1 aliphatic heterocycles. The smallest absolute Gasteiger partial charge is 0.246 e. The highest BCUT2D eigenvalue weighted by Crippen LogP contribution is 2.25. The summed E-state index contributed by atoms with van der Waals surface area (Å²) in [6, 6.07) is 7.44. The number of benzene rings is 1. The number of thioether (sulfide) groups is 1. The van der Waals surface area contributed by atoms with Crippen LogP contribution in [0.2, 0.25) is 0 Å². The molecule has 1 N–H and O–H groups in total. The van der Waals surface area contributed by atoms with Gasteiger partial charge in [-0.25, -0.2) is 0 Å². The molecule has 2 rings (SSSR count). The van der Waals surface area contributed by atoms with E-state index in [-0.39, 0.29) is 11.8 Å². The van der Waals surface area contributed by atoms with Crippen LogP contribution in [0.4, 0.5) is 5.69 Å². The predicted octanol–water partition coefficient (Wildman–Crippen LogP) is 3.26. The monoisotopic (exact) mass is 332 g/mol. The molecule has 0 saturated carbocycles. The first-order valence-corrected chi connectivity index (χ1v) is 8.97. The maximum Gasteiger partial charge on any atom is 0.246 e. The zero-order chi connectivity index (χ0) is 16.8. The Kier molecular flexibility index (Phi) is 6.28. The van der Waals surface area contributed by atoms with Gasteiger partial charge in [-0.3, -0.25) is 9.59 Å². The number of carbonyl (C=O) groups excluding carboxylic acids is 2. The van der Waals surface area contributed by atoms with Crippen LogP contribution in [-0.2, 0) is 9.59 Å². The van der Waals surface area contributed by atoms with Crippen LogP contribution in [0, 0.1) is 5.92 Å². The number of carbonyl (C=O) groups is 2. The fourth-order valence-electron chi connectivity index (χ4n) is 2.43. The lowest BCUT2D eigenvalue weighted by Crippen LogP contribution is -2.42. The van der Waals surface area contributed by atoms with Crippen LogP contribution in [0.25, 0.3) is 6.08 Å². The van der Waals surface area contributed by atoms with E-state index in [2.05, 4.69) is 19.2 Å². The van der Waals surface area contributed by atoms with Crippen molar-refractivity contribution in [1.29, 1.82) is 0 Å². The van der Waals surface area contributed by atoms with E-state index in [4.69, 9.17) is 0 Å². The molecule has 1 fully saturated rings. The van der Waals surface area contributed by atoms with E-state index in [1.165, 1.54) is 6.92 Å². The Morgan fingerprint density at radius 3 is 2.61 bits per heavy atom. The molecule has 0 unspecified atom stereocenters. The van der Waals surface area contributed by atoms with Crippen molar-refractivity contribution in [1.82, 2.24) is 4.90 Å².